The van der Waals surface area contributed by atoms with Crippen molar-refractivity contribution in [2.75, 3.05) is 31.1 Å². The molecule has 1 amide bonds. The minimum atomic E-state index is -0.217. The normalized spacial score (nSPS) is 14.8. The highest BCUT2D eigenvalue weighted by Gasteiger charge is 2.22. The number of fused-ring (bicyclic) bond motifs is 1. The molecule has 2 aromatic carbocycles. The second kappa shape index (κ2) is 7.11. The monoisotopic (exact) mass is 353 g/mol. The van der Waals surface area contributed by atoms with E-state index in [1.165, 1.54) is 6.07 Å². The number of carbonyl (C=O) groups is 1. The first-order chi connectivity index (χ1) is 12.7. The maximum atomic E-state index is 13.9. The van der Waals surface area contributed by atoms with Gasteiger partial charge in [-0.1, -0.05) is 29.5 Å². The fraction of sp³-hybridized carbons (Fsp3) is 0.316. The number of halogens is 1. The first-order valence-corrected chi connectivity index (χ1v) is 8.78. The Hall–Kier alpha value is -2.96. The van der Waals surface area contributed by atoms with Crippen molar-refractivity contribution < 1.29 is 9.18 Å². The molecule has 0 atom stereocenters. The Morgan fingerprint density at radius 2 is 1.73 bits per heavy atom. The van der Waals surface area contributed by atoms with Crippen molar-refractivity contribution in [3.8, 4) is 0 Å². The molecule has 6 nitrogen and oxygen atoms in total. The maximum Gasteiger partial charge on any atom is 0.224 e. The Morgan fingerprint density at radius 3 is 2.54 bits per heavy atom. The maximum absolute atomic E-state index is 13.9. The molecule has 1 aromatic heterocycles. The summed E-state index contributed by atoms with van der Waals surface area (Å²) >= 11 is 0. The molecule has 1 saturated heterocycles. The lowest BCUT2D eigenvalue weighted by molar-refractivity contribution is -0.131. The zero-order valence-corrected chi connectivity index (χ0v) is 14.4. The van der Waals surface area contributed by atoms with Crippen LogP contribution in [0.15, 0.2) is 48.5 Å². The van der Waals surface area contributed by atoms with Gasteiger partial charge in [0.05, 0.1) is 17.7 Å². The Labute approximate surface area is 150 Å². The van der Waals surface area contributed by atoms with E-state index in [1.54, 1.807) is 16.8 Å². The summed E-state index contributed by atoms with van der Waals surface area (Å²) in [6, 6.07) is 14.5. The predicted octanol–water partition coefficient (Wildman–Crippen LogP) is 2.31. The van der Waals surface area contributed by atoms with Crippen LogP contribution in [-0.2, 0) is 11.3 Å². The van der Waals surface area contributed by atoms with Crippen LogP contribution in [0.1, 0.15) is 6.42 Å². The summed E-state index contributed by atoms with van der Waals surface area (Å²) in [5.74, 6) is -0.122. The van der Waals surface area contributed by atoms with Gasteiger partial charge in [-0.25, -0.2) is 9.07 Å². The number of anilines is 1. The van der Waals surface area contributed by atoms with Crippen LogP contribution < -0.4 is 4.90 Å². The lowest BCUT2D eigenvalue weighted by Gasteiger charge is -2.36. The van der Waals surface area contributed by atoms with E-state index >= 15 is 0 Å². The van der Waals surface area contributed by atoms with Crippen LogP contribution in [0.3, 0.4) is 0 Å². The van der Waals surface area contributed by atoms with E-state index in [2.05, 4.69) is 10.3 Å². The van der Waals surface area contributed by atoms with Gasteiger partial charge < -0.3 is 9.80 Å². The van der Waals surface area contributed by atoms with Crippen LogP contribution in [0.25, 0.3) is 11.0 Å². The standard InChI is InChI=1S/C19H20FN5O/c20-15-5-1-3-7-17(15)23-11-13-24(14-12-23)19(26)9-10-25-18-8-4-2-6-16(18)21-22-25/h1-8H,9-14H2. The largest absolute Gasteiger partial charge is 0.366 e. The number of hydrogen-bond donors (Lipinski definition) is 0. The SMILES string of the molecule is O=C(CCn1nnc2ccccc21)N1CCN(c2ccccc2F)CC1. The van der Waals surface area contributed by atoms with Gasteiger partial charge >= 0.3 is 0 Å². The third-order valence-corrected chi connectivity index (χ3v) is 4.78. The number of amides is 1. The summed E-state index contributed by atoms with van der Waals surface area (Å²) in [4.78, 5) is 16.3. The summed E-state index contributed by atoms with van der Waals surface area (Å²) in [5.41, 5.74) is 2.37. The molecule has 134 valence electrons. The van der Waals surface area contributed by atoms with Crippen LogP contribution in [0.4, 0.5) is 10.1 Å². The third kappa shape index (κ3) is 3.24. The molecule has 1 aliphatic heterocycles. The smallest absolute Gasteiger partial charge is 0.224 e. The fourth-order valence-corrected chi connectivity index (χ4v) is 3.35. The highest BCUT2D eigenvalue weighted by atomic mass is 19.1. The molecule has 0 aliphatic carbocycles. The van der Waals surface area contributed by atoms with E-state index in [-0.39, 0.29) is 11.7 Å². The highest BCUT2D eigenvalue weighted by Crippen LogP contribution is 2.20. The summed E-state index contributed by atoms with van der Waals surface area (Å²) < 4.78 is 15.7. The van der Waals surface area contributed by atoms with E-state index in [0.29, 0.717) is 44.8 Å². The average Bonchev–Trinajstić information content (AvgIpc) is 3.10. The van der Waals surface area contributed by atoms with Crippen molar-refractivity contribution in [2.24, 2.45) is 0 Å². The van der Waals surface area contributed by atoms with Crippen molar-refractivity contribution in [3.05, 3.63) is 54.3 Å². The number of benzene rings is 2. The molecular formula is C19H20FN5O. The average molecular weight is 353 g/mol. The van der Waals surface area contributed by atoms with Gasteiger partial charge in [-0.2, -0.15) is 0 Å². The molecule has 0 spiro atoms. The second-order valence-corrected chi connectivity index (χ2v) is 6.37. The molecule has 0 N–H and O–H groups in total. The summed E-state index contributed by atoms with van der Waals surface area (Å²) in [5, 5.41) is 8.23. The molecule has 0 unspecified atom stereocenters. The van der Waals surface area contributed by atoms with Gasteiger partial charge in [0, 0.05) is 32.6 Å². The summed E-state index contributed by atoms with van der Waals surface area (Å²) in [6.45, 7) is 2.99. The minimum Gasteiger partial charge on any atom is -0.366 e. The van der Waals surface area contributed by atoms with Gasteiger partial charge in [0.15, 0.2) is 0 Å². The zero-order chi connectivity index (χ0) is 17.9. The predicted molar refractivity (Wildman–Crippen MR) is 97.3 cm³/mol. The van der Waals surface area contributed by atoms with Crippen LogP contribution in [0, 0.1) is 5.82 Å². The van der Waals surface area contributed by atoms with Gasteiger partial charge in [-0.15, -0.1) is 5.10 Å². The molecular weight excluding hydrogens is 333 g/mol. The lowest BCUT2D eigenvalue weighted by atomic mass is 10.2. The summed E-state index contributed by atoms with van der Waals surface area (Å²) in [6.07, 6.45) is 0.382. The Morgan fingerprint density at radius 1 is 1.00 bits per heavy atom. The van der Waals surface area contributed by atoms with Gasteiger partial charge in [-0.3, -0.25) is 4.79 Å². The number of hydrogen-bond acceptors (Lipinski definition) is 4. The lowest BCUT2D eigenvalue weighted by Crippen LogP contribution is -2.49. The summed E-state index contributed by atoms with van der Waals surface area (Å²) in [7, 11) is 0. The van der Waals surface area contributed by atoms with E-state index in [1.807, 2.05) is 40.1 Å². The second-order valence-electron chi connectivity index (χ2n) is 6.37. The number of piperazine rings is 1. The van der Waals surface area contributed by atoms with E-state index in [0.717, 1.165) is 11.0 Å². The first-order valence-electron chi connectivity index (χ1n) is 8.78. The van der Waals surface area contributed by atoms with E-state index < -0.39 is 0 Å². The van der Waals surface area contributed by atoms with Gasteiger partial charge in [0.25, 0.3) is 0 Å². The fourth-order valence-electron chi connectivity index (χ4n) is 3.35. The van der Waals surface area contributed by atoms with Crippen molar-refractivity contribution in [3.63, 3.8) is 0 Å². The number of aromatic nitrogens is 3. The number of carbonyl (C=O) groups excluding carboxylic acids is 1. The zero-order valence-electron chi connectivity index (χ0n) is 14.4. The Balaban J connectivity index is 1.33. The molecule has 26 heavy (non-hydrogen) atoms. The molecule has 7 heteroatoms. The molecule has 3 aromatic rings. The van der Waals surface area contributed by atoms with Crippen LogP contribution in [0.5, 0.6) is 0 Å². The molecule has 4 rings (SSSR count). The van der Waals surface area contributed by atoms with E-state index in [4.69, 9.17) is 0 Å². The topological polar surface area (TPSA) is 54.3 Å². The van der Waals surface area contributed by atoms with Gasteiger partial charge in [0.1, 0.15) is 11.3 Å². The molecule has 1 fully saturated rings. The van der Waals surface area contributed by atoms with Crippen molar-refractivity contribution in [1.82, 2.24) is 19.9 Å². The quantitative estimate of drug-likeness (QED) is 0.722. The molecule has 0 saturated carbocycles. The van der Waals surface area contributed by atoms with Crippen molar-refractivity contribution in [2.45, 2.75) is 13.0 Å². The molecule has 1 aliphatic rings. The molecule has 0 radical (unpaired) electrons. The molecule has 0 bridgehead atoms. The van der Waals surface area contributed by atoms with E-state index in [9.17, 15) is 9.18 Å². The number of nitrogens with zero attached hydrogens (tertiary/aromatic N) is 5. The van der Waals surface area contributed by atoms with Crippen molar-refractivity contribution >= 4 is 22.6 Å². The first kappa shape index (κ1) is 16.5. The minimum absolute atomic E-state index is 0.0952. The number of rotatable bonds is 4. The van der Waals surface area contributed by atoms with Gasteiger partial charge in [0.2, 0.25) is 5.91 Å². The van der Waals surface area contributed by atoms with Crippen molar-refractivity contribution in [1.29, 1.82) is 0 Å². The molecule has 2 heterocycles. The number of aryl methyl sites for hydroxylation is 1. The van der Waals surface area contributed by atoms with Gasteiger partial charge in [-0.05, 0) is 24.3 Å². The van der Waals surface area contributed by atoms with Crippen LogP contribution >= 0.6 is 0 Å². The number of para-hydroxylation sites is 2. The Kier molecular flexibility index (Phi) is 4.51. The Bertz CT molecular complexity index is 917. The van der Waals surface area contributed by atoms with Crippen LogP contribution in [-0.4, -0.2) is 52.0 Å². The third-order valence-electron chi connectivity index (χ3n) is 4.78. The van der Waals surface area contributed by atoms with Crippen LogP contribution in [0.2, 0.25) is 0 Å². The highest BCUT2D eigenvalue weighted by molar-refractivity contribution is 5.77.